The van der Waals surface area contributed by atoms with Crippen LogP contribution in [0.15, 0.2) is 24.3 Å². The quantitative estimate of drug-likeness (QED) is 0.523. The van der Waals surface area contributed by atoms with E-state index in [9.17, 15) is 4.79 Å². The van der Waals surface area contributed by atoms with Gasteiger partial charge in [0.2, 0.25) is 11.8 Å². The van der Waals surface area contributed by atoms with Gasteiger partial charge in [0.05, 0.1) is 31.2 Å². The number of hydrogen-bond acceptors (Lipinski definition) is 6. The minimum Gasteiger partial charge on any atom is -0.478 e. The standard InChI is InChI=1S/C26H35N5O3/c1-5-34-26-22(9-10-23(32)27-11-12-30-13-15-33-16-14-30)19(3)24-20(4)29-31(25(24)28-26)21-8-6-7-18(2)17-21/h6-8,17H,5,9-16H2,1-4H3,(H,27,32). The van der Waals surface area contributed by atoms with Crippen LogP contribution in [0.2, 0.25) is 0 Å². The predicted molar refractivity (Wildman–Crippen MR) is 133 cm³/mol. The van der Waals surface area contributed by atoms with Gasteiger partial charge in [-0.15, -0.1) is 0 Å². The number of amides is 1. The second-order valence-corrected chi connectivity index (χ2v) is 8.79. The molecule has 0 saturated carbocycles. The van der Waals surface area contributed by atoms with Gasteiger partial charge in [0, 0.05) is 43.5 Å². The van der Waals surface area contributed by atoms with Crippen LogP contribution in [0.5, 0.6) is 5.88 Å². The van der Waals surface area contributed by atoms with E-state index in [1.807, 2.05) is 30.7 Å². The van der Waals surface area contributed by atoms with E-state index in [0.717, 1.165) is 72.0 Å². The molecule has 182 valence electrons. The van der Waals surface area contributed by atoms with Gasteiger partial charge < -0.3 is 14.8 Å². The maximum atomic E-state index is 12.6. The number of ether oxygens (including phenoxy) is 2. The van der Waals surface area contributed by atoms with Crippen LogP contribution in [-0.4, -0.2) is 71.6 Å². The van der Waals surface area contributed by atoms with Crippen molar-refractivity contribution >= 4 is 16.9 Å². The summed E-state index contributed by atoms with van der Waals surface area (Å²) in [6, 6.07) is 8.22. The van der Waals surface area contributed by atoms with Crippen molar-refractivity contribution in [1.82, 2.24) is 25.0 Å². The Bertz CT molecular complexity index is 1150. The van der Waals surface area contributed by atoms with E-state index in [1.54, 1.807) is 0 Å². The minimum absolute atomic E-state index is 0.0439. The molecule has 1 saturated heterocycles. The van der Waals surface area contributed by atoms with Gasteiger partial charge >= 0.3 is 0 Å². The molecule has 0 unspecified atom stereocenters. The molecule has 0 bridgehead atoms. The second kappa shape index (κ2) is 11.0. The number of carbonyl (C=O) groups is 1. The first-order valence-corrected chi connectivity index (χ1v) is 12.1. The summed E-state index contributed by atoms with van der Waals surface area (Å²) in [5, 5.41) is 8.86. The Labute approximate surface area is 201 Å². The molecule has 1 N–H and O–H groups in total. The largest absolute Gasteiger partial charge is 0.478 e. The number of aromatic nitrogens is 3. The number of pyridine rings is 1. The van der Waals surface area contributed by atoms with Crippen molar-refractivity contribution in [2.75, 3.05) is 46.0 Å². The molecule has 34 heavy (non-hydrogen) atoms. The Morgan fingerprint density at radius 2 is 2.00 bits per heavy atom. The van der Waals surface area contributed by atoms with Crippen LogP contribution in [0.4, 0.5) is 0 Å². The molecular weight excluding hydrogens is 430 g/mol. The molecular formula is C26H35N5O3. The van der Waals surface area contributed by atoms with E-state index in [-0.39, 0.29) is 5.91 Å². The number of carbonyl (C=O) groups excluding carboxylic acids is 1. The maximum absolute atomic E-state index is 12.6. The fourth-order valence-corrected chi connectivity index (χ4v) is 4.53. The first-order chi connectivity index (χ1) is 16.5. The van der Waals surface area contributed by atoms with Crippen molar-refractivity contribution in [2.24, 2.45) is 0 Å². The van der Waals surface area contributed by atoms with Gasteiger partial charge in [-0.2, -0.15) is 10.1 Å². The highest BCUT2D eigenvalue weighted by molar-refractivity contribution is 5.86. The first kappa shape index (κ1) is 24.2. The van der Waals surface area contributed by atoms with Crippen LogP contribution in [0.3, 0.4) is 0 Å². The van der Waals surface area contributed by atoms with Crippen molar-refractivity contribution in [3.8, 4) is 11.6 Å². The zero-order chi connectivity index (χ0) is 24.1. The van der Waals surface area contributed by atoms with Crippen molar-refractivity contribution < 1.29 is 14.3 Å². The molecule has 8 nitrogen and oxygen atoms in total. The van der Waals surface area contributed by atoms with Gasteiger partial charge in [0.1, 0.15) is 0 Å². The fourth-order valence-electron chi connectivity index (χ4n) is 4.53. The molecule has 1 aliphatic heterocycles. The predicted octanol–water partition coefficient (Wildman–Crippen LogP) is 3.13. The lowest BCUT2D eigenvalue weighted by Crippen LogP contribution is -2.41. The molecule has 8 heteroatoms. The third-order valence-corrected chi connectivity index (χ3v) is 6.31. The van der Waals surface area contributed by atoms with E-state index in [0.29, 0.717) is 31.9 Å². The lowest BCUT2D eigenvalue weighted by atomic mass is 10.0. The fraction of sp³-hybridized carbons (Fsp3) is 0.500. The normalized spacial score (nSPS) is 14.5. The number of fused-ring (bicyclic) bond motifs is 1. The van der Waals surface area contributed by atoms with E-state index in [1.165, 1.54) is 0 Å². The lowest BCUT2D eigenvalue weighted by molar-refractivity contribution is -0.121. The van der Waals surface area contributed by atoms with Crippen LogP contribution in [-0.2, 0) is 16.0 Å². The molecule has 4 rings (SSSR count). The first-order valence-electron chi connectivity index (χ1n) is 12.1. The molecule has 0 radical (unpaired) electrons. The van der Waals surface area contributed by atoms with E-state index in [4.69, 9.17) is 19.6 Å². The van der Waals surface area contributed by atoms with Gasteiger partial charge in [0.15, 0.2) is 5.65 Å². The van der Waals surface area contributed by atoms with Crippen LogP contribution in [0.25, 0.3) is 16.7 Å². The SMILES string of the molecule is CCOc1nc2c(c(C)nn2-c2cccc(C)c2)c(C)c1CCC(=O)NCCN1CCOCC1. The van der Waals surface area contributed by atoms with Crippen molar-refractivity contribution in [1.29, 1.82) is 0 Å². The number of nitrogens with zero attached hydrogens (tertiary/aromatic N) is 4. The van der Waals surface area contributed by atoms with Gasteiger partial charge in [-0.3, -0.25) is 9.69 Å². The number of benzene rings is 1. The molecule has 3 heterocycles. The molecule has 1 fully saturated rings. The molecule has 1 aliphatic rings. The van der Waals surface area contributed by atoms with Crippen LogP contribution < -0.4 is 10.1 Å². The Kier molecular flexibility index (Phi) is 7.80. The lowest BCUT2D eigenvalue weighted by Gasteiger charge is -2.26. The third kappa shape index (κ3) is 5.39. The van der Waals surface area contributed by atoms with Gasteiger partial charge in [-0.1, -0.05) is 12.1 Å². The molecule has 0 spiro atoms. The summed E-state index contributed by atoms with van der Waals surface area (Å²) in [7, 11) is 0. The topological polar surface area (TPSA) is 81.5 Å². The van der Waals surface area contributed by atoms with Crippen molar-refractivity contribution in [2.45, 2.75) is 40.5 Å². The summed E-state index contributed by atoms with van der Waals surface area (Å²) in [5.74, 6) is 0.629. The smallest absolute Gasteiger partial charge is 0.220 e. The summed E-state index contributed by atoms with van der Waals surface area (Å²) < 4.78 is 13.2. The maximum Gasteiger partial charge on any atom is 0.220 e. The average Bonchev–Trinajstić information content (AvgIpc) is 3.16. The number of morpholine rings is 1. The summed E-state index contributed by atoms with van der Waals surface area (Å²) in [6.45, 7) is 13.5. The summed E-state index contributed by atoms with van der Waals surface area (Å²) in [6.07, 6.45) is 0.963. The van der Waals surface area contributed by atoms with Crippen LogP contribution in [0.1, 0.15) is 35.7 Å². The van der Waals surface area contributed by atoms with Gasteiger partial charge in [-0.05, 0) is 57.4 Å². The molecule has 1 amide bonds. The zero-order valence-electron chi connectivity index (χ0n) is 20.7. The van der Waals surface area contributed by atoms with E-state index >= 15 is 0 Å². The monoisotopic (exact) mass is 465 g/mol. The molecule has 2 aromatic heterocycles. The van der Waals surface area contributed by atoms with Crippen molar-refractivity contribution in [3.05, 3.63) is 46.6 Å². The van der Waals surface area contributed by atoms with E-state index in [2.05, 4.69) is 36.2 Å². The highest BCUT2D eigenvalue weighted by Gasteiger charge is 2.21. The zero-order valence-corrected chi connectivity index (χ0v) is 20.7. The molecule has 0 aliphatic carbocycles. The van der Waals surface area contributed by atoms with Crippen LogP contribution in [0, 0.1) is 20.8 Å². The molecule has 1 aromatic carbocycles. The molecule has 3 aromatic rings. The number of hydrogen-bond donors (Lipinski definition) is 1. The summed E-state index contributed by atoms with van der Waals surface area (Å²) in [4.78, 5) is 19.8. The Hall–Kier alpha value is -2.97. The van der Waals surface area contributed by atoms with Crippen molar-refractivity contribution in [3.63, 3.8) is 0 Å². The second-order valence-electron chi connectivity index (χ2n) is 8.79. The number of rotatable bonds is 9. The Morgan fingerprint density at radius 1 is 1.21 bits per heavy atom. The van der Waals surface area contributed by atoms with Gasteiger partial charge in [-0.25, -0.2) is 4.68 Å². The Morgan fingerprint density at radius 3 is 2.74 bits per heavy atom. The van der Waals surface area contributed by atoms with Gasteiger partial charge in [0.25, 0.3) is 0 Å². The minimum atomic E-state index is 0.0439. The number of nitrogens with one attached hydrogen (secondary N) is 1. The third-order valence-electron chi connectivity index (χ3n) is 6.31. The summed E-state index contributed by atoms with van der Waals surface area (Å²) in [5.41, 5.74) is 5.88. The average molecular weight is 466 g/mol. The summed E-state index contributed by atoms with van der Waals surface area (Å²) >= 11 is 0. The molecule has 0 atom stereocenters. The van der Waals surface area contributed by atoms with E-state index < -0.39 is 0 Å². The Balaban J connectivity index is 1.52. The van der Waals surface area contributed by atoms with Crippen LogP contribution >= 0.6 is 0 Å². The highest BCUT2D eigenvalue weighted by atomic mass is 16.5. The number of aryl methyl sites for hydroxylation is 3. The highest BCUT2D eigenvalue weighted by Crippen LogP contribution is 2.32.